The Kier molecular flexibility index (Phi) is 5.21. The van der Waals surface area contributed by atoms with Crippen LogP contribution in [0.3, 0.4) is 0 Å². The summed E-state index contributed by atoms with van der Waals surface area (Å²) in [7, 11) is 0. The molecule has 0 aliphatic heterocycles. The van der Waals surface area contributed by atoms with Crippen LogP contribution in [0.1, 0.15) is 65.7 Å². The first-order chi connectivity index (χ1) is 13.0. The molecular weight excluding hydrogens is 364 g/mol. The normalized spacial score (nSPS) is 25.9. The number of carbonyl (C=O) groups excluding carboxylic acids is 3. The smallest absolute Gasteiger partial charge is 0.306 e. The molecule has 7 heteroatoms. The summed E-state index contributed by atoms with van der Waals surface area (Å²) in [5, 5.41) is 3.22. The number of ether oxygens (including phenoxy) is 1. The molecule has 2 bridgehead atoms. The van der Waals surface area contributed by atoms with Gasteiger partial charge >= 0.3 is 5.97 Å². The SMILES string of the molecule is NC(=O)c1c(NC(=O)COC(=O)CC2CC3CCC2C3)sc2c1CCCC2. The second kappa shape index (κ2) is 7.62. The summed E-state index contributed by atoms with van der Waals surface area (Å²) in [4.78, 5) is 37.3. The molecule has 27 heavy (non-hydrogen) atoms. The first-order valence-corrected chi connectivity index (χ1v) is 10.7. The number of carbonyl (C=O) groups is 3. The highest BCUT2D eigenvalue weighted by Gasteiger charge is 2.40. The Morgan fingerprint density at radius 3 is 2.67 bits per heavy atom. The summed E-state index contributed by atoms with van der Waals surface area (Å²) in [6, 6.07) is 0. The molecule has 1 heterocycles. The van der Waals surface area contributed by atoms with Crippen LogP contribution in [-0.2, 0) is 27.2 Å². The maximum atomic E-state index is 12.2. The van der Waals surface area contributed by atoms with Crippen molar-refractivity contribution in [3.8, 4) is 0 Å². The zero-order valence-corrected chi connectivity index (χ0v) is 16.2. The lowest BCUT2D eigenvalue weighted by Crippen LogP contribution is -2.24. The monoisotopic (exact) mass is 390 g/mol. The van der Waals surface area contributed by atoms with Crippen LogP contribution >= 0.6 is 11.3 Å². The van der Waals surface area contributed by atoms with Gasteiger partial charge in [0.15, 0.2) is 6.61 Å². The van der Waals surface area contributed by atoms with Gasteiger partial charge in [-0.25, -0.2) is 0 Å². The molecule has 0 radical (unpaired) electrons. The number of hydrogen-bond donors (Lipinski definition) is 2. The first kappa shape index (κ1) is 18.5. The third kappa shape index (κ3) is 3.88. The third-order valence-corrected chi connectivity index (χ3v) is 7.56. The summed E-state index contributed by atoms with van der Waals surface area (Å²) in [5.74, 6) is 0.628. The highest BCUT2D eigenvalue weighted by Crippen LogP contribution is 2.49. The third-order valence-electron chi connectivity index (χ3n) is 6.35. The number of amides is 2. The van der Waals surface area contributed by atoms with Crippen molar-refractivity contribution in [1.29, 1.82) is 0 Å². The van der Waals surface area contributed by atoms with Gasteiger partial charge in [-0.3, -0.25) is 14.4 Å². The topological polar surface area (TPSA) is 98.5 Å². The van der Waals surface area contributed by atoms with Gasteiger partial charge in [-0.2, -0.15) is 0 Å². The molecule has 0 saturated heterocycles. The fourth-order valence-corrected chi connectivity index (χ4v) is 6.43. The molecule has 3 atom stereocenters. The Hall–Kier alpha value is -1.89. The van der Waals surface area contributed by atoms with Crippen LogP contribution in [0, 0.1) is 17.8 Å². The zero-order chi connectivity index (χ0) is 19.0. The largest absolute Gasteiger partial charge is 0.456 e. The van der Waals surface area contributed by atoms with Crippen molar-refractivity contribution in [1.82, 2.24) is 0 Å². The lowest BCUT2D eigenvalue weighted by atomic mass is 9.86. The molecule has 0 aromatic carbocycles. The molecule has 1 aromatic rings. The number of primary amides is 1. The van der Waals surface area contributed by atoms with Crippen LogP contribution in [0.2, 0.25) is 0 Å². The van der Waals surface area contributed by atoms with Crippen LogP contribution in [0.5, 0.6) is 0 Å². The average Bonchev–Trinajstić information content (AvgIpc) is 3.33. The molecule has 2 amide bonds. The van der Waals surface area contributed by atoms with E-state index < -0.39 is 11.8 Å². The molecule has 3 aliphatic rings. The predicted molar refractivity (Wildman–Crippen MR) is 103 cm³/mol. The highest BCUT2D eigenvalue weighted by molar-refractivity contribution is 7.17. The molecule has 3 aliphatic carbocycles. The van der Waals surface area contributed by atoms with Gasteiger partial charge in [0.1, 0.15) is 5.00 Å². The molecule has 146 valence electrons. The Morgan fingerprint density at radius 1 is 1.15 bits per heavy atom. The number of anilines is 1. The zero-order valence-electron chi connectivity index (χ0n) is 15.4. The van der Waals surface area contributed by atoms with Gasteiger partial charge in [-0.1, -0.05) is 6.42 Å². The summed E-state index contributed by atoms with van der Waals surface area (Å²) in [6.45, 7) is -0.319. The Morgan fingerprint density at radius 2 is 1.96 bits per heavy atom. The molecular formula is C20H26N2O4S. The fraction of sp³-hybridized carbons (Fsp3) is 0.650. The van der Waals surface area contributed by atoms with Gasteiger partial charge in [0.2, 0.25) is 0 Å². The van der Waals surface area contributed by atoms with Crippen molar-refractivity contribution in [2.75, 3.05) is 11.9 Å². The van der Waals surface area contributed by atoms with E-state index in [1.54, 1.807) is 0 Å². The number of aryl methyl sites for hydroxylation is 1. The van der Waals surface area contributed by atoms with E-state index in [2.05, 4.69) is 5.32 Å². The van der Waals surface area contributed by atoms with Crippen LogP contribution in [0.4, 0.5) is 5.00 Å². The minimum Gasteiger partial charge on any atom is -0.456 e. The van der Waals surface area contributed by atoms with Crippen molar-refractivity contribution >= 4 is 34.1 Å². The van der Waals surface area contributed by atoms with Gasteiger partial charge in [-0.05, 0) is 68.3 Å². The van der Waals surface area contributed by atoms with Crippen LogP contribution < -0.4 is 11.1 Å². The molecule has 2 fully saturated rings. The number of nitrogens with one attached hydrogen (secondary N) is 1. The number of fused-ring (bicyclic) bond motifs is 3. The minimum absolute atomic E-state index is 0.303. The van der Waals surface area contributed by atoms with Crippen molar-refractivity contribution in [2.24, 2.45) is 23.5 Å². The van der Waals surface area contributed by atoms with Crippen molar-refractivity contribution < 1.29 is 19.1 Å². The van der Waals surface area contributed by atoms with Gasteiger partial charge in [0.05, 0.1) is 5.56 Å². The molecule has 6 nitrogen and oxygen atoms in total. The molecule has 2 saturated carbocycles. The summed E-state index contributed by atoms with van der Waals surface area (Å²) >= 11 is 1.41. The molecule has 1 aromatic heterocycles. The number of thiophene rings is 1. The van der Waals surface area contributed by atoms with E-state index in [9.17, 15) is 14.4 Å². The number of rotatable bonds is 6. The lowest BCUT2D eigenvalue weighted by Gasteiger charge is -2.20. The average molecular weight is 391 g/mol. The maximum Gasteiger partial charge on any atom is 0.306 e. The van der Waals surface area contributed by atoms with Crippen molar-refractivity contribution in [2.45, 2.75) is 57.8 Å². The van der Waals surface area contributed by atoms with E-state index >= 15 is 0 Å². The summed E-state index contributed by atoms with van der Waals surface area (Å²) < 4.78 is 5.19. The van der Waals surface area contributed by atoms with E-state index in [0.29, 0.717) is 28.8 Å². The van der Waals surface area contributed by atoms with Crippen LogP contribution in [0.25, 0.3) is 0 Å². The van der Waals surface area contributed by atoms with E-state index in [-0.39, 0.29) is 12.6 Å². The van der Waals surface area contributed by atoms with Gasteiger partial charge in [-0.15, -0.1) is 11.3 Å². The molecule has 4 rings (SSSR count). The number of hydrogen-bond acceptors (Lipinski definition) is 5. The Labute approximate surface area is 162 Å². The van der Waals surface area contributed by atoms with Crippen LogP contribution in [-0.4, -0.2) is 24.4 Å². The van der Waals surface area contributed by atoms with Gasteiger partial charge in [0, 0.05) is 11.3 Å². The van der Waals surface area contributed by atoms with Crippen molar-refractivity contribution in [3.63, 3.8) is 0 Å². The maximum absolute atomic E-state index is 12.2. The second-order valence-electron chi connectivity index (χ2n) is 8.13. The first-order valence-electron chi connectivity index (χ1n) is 9.91. The quantitative estimate of drug-likeness (QED) is 0.729. The number of esters is 1. The molecule has 3 N–H and O–H groups in total. The Bertz CT molecular complexity index is 772. The minimum atomic E-state index is -0.516. The van der Waals surface area contributed by atoms with E-state index in [4.69, 9.17) is 10.5 Å². The lowest BCUT2D eigenvalue weighted by molar-refractivity contribution is -0.148. The van der Waals surface area contributed by atoms with Gasteiger partial charge in [0.25, 0.3) is 11.8 Å². The molecule has 0 spiro atoms. The van der Waals surface area contributed by atoms with E-state index in [1.165, 1.54) is 30.6 Å². The predicted octanol–water partition coefficient (Wildman–Crippen LogP) is 3.03. The van der Waals surface area contributed by atoms with E-state index in [0.717, 1.165) is 48.5 Å². The van der Waals surface area contributed by atoms with E-state index in [1.807, 2.05) is 0 Å². The van der Waals surface area contributed by atoms with Gasteiger partial charge < -0.3 is 15.8 Å². The summed E-state index contributed by atoms with van der Waals surface area (Å²) in [5.41, 5.74) is 6.93. The number of nitrogens with two attached hydrogens (primary N) is 1. The molecule has 3 unspecified atom stereocenters. The Balaban J connectivity index is 1.31. The standard InChI is InChI=1S/C20H26N2O4S/c21-19(25)18-14-3-1-2-4-15(14)27-20(18)22-16(23)10-26-17(24)9-13-8-11-5-6-12(13)7-11/h11-13H,1-10H2,(H2,21,25)(H,22,23). The fourth-order valence-electron chi connectivity index (χ4n) is 5.12. The highest BCUT2D eigenvalue weighted by atomic mass is 32.1. The second-order valence-corrected chi connectivity index (χ2v) is 9.23. The van der Waals surface area contributed by atoms with Crippen LogP contribution in [0.15, 0.2) is 0 Å². The summed E-state index contributed by atoms with van der Waals surface area (Å²) in [6.07, 6.45) is 9.14. The van der Waals surface area contributed by atoms with Crippen molar-refractivity contribution in [3.05, 3.63) is 16.0 Å².